The average molecular weight is 627 g/mol. The van der Waals surface area contributed by atoms with E-state index in [-0.39, 0.29) is 12.1 Å². The molecule has 0 rings (SSSR count). The molecule has 0 aromatic heterocycles. The Balaban J connectivity index is 3.43. The van der Waals surface area contributed by atoms with Crippen molar-refractivity contribution in [3.63, 3.8) is 0 Å². The van der Waals surface area contributed by atoms with Crippen molar-refractivity contribution >= 4 is 11.9 Å². The number of rotatable bonds is 33. The number of carbonyl (C=O) groups is 2. The molecular formula is C41H70O4. The average Bonchev–Trinajstić information content (AvgIpc) is 3.01. The van der Waals surface area contributed by atoms with Gasteiger partial charge in [-0.15, -0.1) is 0 Å². The van der Waals surface area contributed by atoms with Crippen LogP contribution in [0.25, 0.3) is 0 Å². The van der Waals surface area contributed by atoms with E-state index < -0.39 is 5.97 Å². The van der Waals surface area contributed by atoms with Crippen molar-refractivity contribution < 1.29 is 19.4 Å². The van der Waals surface area contributed by atoms with Crippen LogP contribution in [-0.2, 0) is 14.3 Å². The van der Waals surface area contributed by atoms with E-state index in [0.29, 0.717) is 12.8 Å². The van der Waals surface area contributed by atoms with E-state index >= 15 is 0 Å². The Kier molecular flexibility index (Phi) is 34.2. The lowest BCUT2D eigenvalue weighted by Crippen LogP contribution is -2.14. The first-order valence-electron chi connectivity index (χ1n) is 18.7. The SMILES string of the molecule is CC/C=C\C/C=C\C/C=C\C/C=C\C/C=C\CCCCCCCC(=O)OC(C)CCCCCCCCCCCCCCC(=O)O. The van der Waals surface area contributed by atoms with Crippen LogP contribution in [0.15, 0.2) is 60.8 Å². The second-order valence-corrected chi connectivity index (χ2v) is 12.5. The summed E-state index contributed by atoms with van der Waals surface area (Å²) >= 11 is 0. The molecule has 1 unspecified atom stereocenters. The van der Waals surface area contributed by atoms with Crippen molar-refractivity contribution in [1.29, 1.82) is 0 Å². The van der Waals surface area contributed by atoms with Gasteiger partial charge in [0.25, 0.3) is 0 Å². The summed E-state index contributed by atoms with van der Waals surface area (Å²) in [7, 11) is 0. The predicted molar refractivity (Wildman–Crippen MR) is 195 cm³/mol. The van der Waals surface area contributed by atoms with Crippen molar-refractivity contribution in [2.24, 2.45) is 0 Å². The van der Waals surface area contributed by atoms with Gasteiger partial charge in [-0.2, -0.15) is 0 Å². The third-order valence-corrected chi connectivity index (χ3v) is 7.99. The number of carboxylic acids is 1. The number of hydrogen-bond donors (Lipinski definition) is 1. The van der Waals surface area contributed by atoms with Gasteiger partial charge < -0.3 is 9.84 Å². The van der Waals surface area contributed by atoms with Gasteiger partial charge in [0.05, 0.1) is 6.10 Å². The van der Waals surface area contributed by atoms with Crippen molar-refractivity contribution in [2.75, 3.05) is 0 Å². The summed E-state index contributed by atoms with van der Waals surface area (Å²) in [6.07, 6.45) is 50.8. The third-order valence-electron chi connectivity index (χ3n) is 7.99. The Morgan fingerprint density at radius 2 is 0.889 bits per heavy atom. The van der Waals surface area contributed by atoms with E-state index in [4.69, 9.17) is 9.84 Å². The normalized spacial score (nSPS) is 12.9. The molecule has 0 aliphatic heterocycles. The number of esters is 1. The highest BCUT2D eigenvalue weighted by atomic mass is 16.5. The van der Waals surface area contributed by atoms with E-state index in [9.17, 15) is 9.59 Å². The summed E-state index contributed by atoms with van der Waals surface area (Å²) in [6.45, 7) is 4.20. The lowest BCUT2D eigenvalue weighted by Gasteiger charge is -2.13. The van der Waals surface area contributed by atoms with Crippen LogP contribution < -0.4 is 0 Å². The van der Waals surface area contributed by atoms with Crippen molar-refractivity contribution in [3.8, 4) is 0 Å². The van der Waals surface area contributed by atoms with Crippen LogP contribution in [0.5, 0.6) is 0 Å². The molecule has 258 valence electrons. The predicted octanol–water partition coefficient (Wildman–Crippen LogP) is 12.9. The zero-order chi connectivity index (χ0) is 32.9. The first-order valence-corrected chi connectivity index (χ1v) is 18.7. The molecule has 0 aromatic carbocycles. The molecule has 0 amide bonds. The van der Waals surface area contributed by atoms with E-state index in [1.165, 1.54) is 77.0 Å². The Morgan fingerprint density at radius 3 is 1.36 bits per heavy atom. The number of hydrogen-bond acceptors (Lipinski definition) is 3. The number of allylic oxidation sites excluding steroid dienone is 10. The van der Waals surface area contributed by atoms with Gasteiger partial charge in [0, 0.05) is 12.8 Å². The quantitative estimate of drug-likeness (QED) is 0.0447. The van der Waals surface area contributed by atoms with Crippen LogP contribution in [0.1, 0.15) is 181 Å². The summed E-state index contributed by atoms with van der Waals surface area (Å²) in [6, 6.07) is 0. The van der Waals surface area contributed by atoms with Crippen LogP contribution >= 0.6 is 0 Å². The smallest absolute Gasteiger partial charge is 0.306 e. The second-order valence-electron chi connectivity index (χ2n) is 12.5. The van der Waals surface area contributed by atoms with Crippen LogP contribution in [0.2, 0.25) is 0 Å². The molecule has 0 spiro atoms. The summed E-state index contributed by atoms with van der Waals surface area (Å²) in [5, 5.41) is 8.64. The minimum Gasteiger partial charge on any atom is -0.481 e. The van der Waals surface area contributed by atoms with Crippen molar-refractivity contribution in [1.82, 2.24) is 0 Å². The monoisotopic (exact) mass is 627 g/mol. The molecule has 0 saturated heterocycles. The summed E-state index contributed by atoms with van der Waals surface area (Å²) in [5.74, 6) is -0.699. The zero-order valence-electron chi connectivity index (χ0n) is 29.4. The van der Waals surface area contributed by atoms with Crippen molar-refractivity contribution in [2.45, 2.75) is 187 Å². The first kappa shape index (κ1) is 42.6. The fourth-order valence-electron chi connectivity index (χ4n) is 5.25. The lowest BCUT2D eigenvalue weighted by molar-refractivity contribution is -0.148. The molecule has 4 heteroatoms. The third kappa shape index (κ3) is 37.7. The molecule has 0 fully saturated rings. The maximum absolute atomic E-state index is 12.1. The van der Waals surface area contributed by atoms with Crippen molar-refractivity contribution in [3.05, 3.63) is 60.8 Å². The number of ether oxygens (including phenoxy) is 1. The highest BCUT2D eigenvalue weighted by Gasteiger charge is 2.09. The van der Waals surface area contributed by atoms with Gasteiger partial charge in [-0.1, -0.05) is 151 Å². The molecule has 4 nitrogen and oxygen atoms in total. The lowest BCUT2D eigenvalue weighted by atomic mass is 10.0. The molecule has 0 aliphatic rings. The molecule has 0 aliphatic carbocycles. The zero-order valence-corrected chi connectivity index (χ0v) is 29.4. The first-order chi connectivity index (χ1) is 22.1. The molecule has 0 saturated carbocycles. The van der Waals surface area contributed by atoms with E-state index in [1.807, 2.05) is 6.92 Å². The Hall–Kier alpha value is -2.36. The van der Waals surface area contributed by atoms with Gasteiger partial charge in [0.1, 0.15) is 0 Å². The molecule has 1 atom stereocenters. The molecule has 0 aromatic rings. The number of carboxylic acid groups (broad SMARTS) is 1. The van der Waals surface area contributed by atoms with Gasteiger partial charge in [-0.3, -0.25) is 9.59 Å². The standard InChI is InChI=1S/C41H70O4/c1-3-4-5-6-7-8-9-10-11-12-13-14-15-16-17-18-23-26-29-32-35-38-41(44)45-39(2)36-33-30-27-24-21-19-20-22-25-28-31-34-37-40(42)43/h4-5,7-8,10-11,13-14,16-17,39H,3,6,9,12,15,18-38H2,1-2H3,(H,42,43)/b5-4-,8-7-,11-10-,14-13-,17-16-. The summed E-state index contributed by atoms with van der Waals surface area (Å²) < 4.78 is 5.62. The number of unbranched alkanes of at least 4 members (excludes halogenated alkanes) is 16. The van der Waals surface area contributed by atoms with Crippen LogP contribution in [0.3, 0.4) is 0 Å². The molecular weight excluding hydrogens is 556 g/mol. The van der Waals surface area contributed by atoms with Gasteiger partial charge in [-0.05, 0) is 77.6 Å². The van der Waals surface area contributed by atoms with Gasteiger partial charge in [0.15, 0.2) is 0 Å². The van der Waals surface area contributed by atoms with Crippen LogP contribution in [-0.4, -0.2) is 23.1 Å². The van der Waals surface area contributed by atoms with Crippen LogP contribution in [0.4, 0.5) is 0 Å². The number of carbonyl (C=O) groups excluding carboxylic acids is 1. The topological polar surface area (TPSA) is 63.6 Å². The molecule has 45 heavy (non-hydrogen) atoms. The van der Waals surface area contributed by atoms with Gasteiger partial charge in [-0.25, -0.2) is 0 Å². The summed E-state index contributed by atoms with van der Waals surface area (Å²) in [5.41, 5.74) is 0. The van der Waals surface area contributed by atoms with E-state index in [2.05, 4.69) is 67.7 Å². The maximum Gasteiger partial charge on any atom is 0.306 e. The molecule has 1 N–H and O–H groups in total. The minimum atomic E-state index is -0.675. The summed E-state index contributed by atoms with van der Waals surface area (Å²) in [4.78, 5) is 22.6. The molecule has 0 bridgehead atoms. The van der Waals surface area contributed by atoms with Gasteiger partial charge in [0.2, 0.25) is 0 Å². The second kappa shape index (κ2) is 36.1. The Bertz CT molecular complexity index is 804. The molecule has 0 radical (unpaired) electrons. The minimum absolute atomic E-state index is 0.0248. The largest absolute Gasteiger partial charge is 0.481 e. The Labute approximate surface area is 278 Å². The Morgan fingerprint density at radius 1 is 0.511 bits per heavy atom. The van der Waals surface area contributed by atoms with Crippen LogP contribution in [0, 0.1) is 0 Å². The van der Waals surface area contributed by atoms with E-state index in [1.54, 1.807) is 0 Å². The maximum atomic E-state index is 12.1. The van der Waals surface area contributed by atoms with Gasteiger partial charge >= 0.3 is 11.9 Å². The fraction of sp³-hybridized carbons (Fsp3) is 0.707. The number of aliphatic carboxylic acids is 1. The van der Waals surface area contributed by atoms with E-state index in [0.717, 1.165) is 77.0 Å². The fourth-order valence-corrected chi connectivity index (χ4v) is 5.25. The highest BCUT2D eigenvalue weighted by molar-refractivity contribution is 5.69. The molecule has 0 heterocycles. The highest BCUT2D eigenvalue weighted by Crippen LogP contribution is 2.15.